The number of carbonyl (C=O) groups excluding carboxylic acids is 1. The molecule has 1 aliphatic rings. The average molecular weight is 364 g/mol. The van der Waals surface area contributed by atoms with Crippen LogP contribution in [0.3, 0.4) is 0 Å². The van der Waals surface area contributed by atoms with Crippen molar-refractivity contribution >= 4 is 21.9 Å². The SMILES string of the molecule is COC(=O)c1cnn(-c2cccc(Br)c2)c1[C@H]1CC[C@@H](N)C1. The van der Waals surface area contributed by atoms with Crippen LogP contribution in [0.5, 0.6) is 0 Å². The van der Waals surface area contributed by atoms with Crippen molar-refractivity contribution in [3.05, 3.63) is 46.2 Å². The molecule has 0 saturated heterocycles. The molecule has 2 aromatic rings. The molecule has 1 fully saturated rings. The van der Waals surface area contributed by atoms with Gasteiger partial charge in [-0.2, -0.15) is 5.10 Å². The van der Waals surface area contributed by atoms with Crippen molar-refractivity contribution in [3.8, 4) is 5.69 Å². The van der Waals surface area contributed by atoms with Gasteiger partial charge in [-0.25, -0.2) is 9.48 Å². The monoisotopic (exact) mass is 363 g/mol. The lowest BCUT2D eigenvalue weighted by atomic mass is 9.99. The molecular weight excluding hydrogens is 346 g/mol. The smallest absolute Gasteiger partial charge is 0.341 e. The maximum atomic E-state index is 12.1. The zero-order valence-electron chi connectivity index (χ0n) is 12.3. The number of nitrogens with zero attached hydrogens (tertiary/aromatic N) is 2. The highest BCUT2D eigenvalue weighted by Crippen LogP contribution is 2.36. The summed E-state index contributed by atoms with van der Waals surface area (Å²) in [5, 5.41) is 4.42. The molecule has 2 atom stereocenters. The highest BCUT2D eigenvalue weighted by molar-refractivity contribution is 9.10. The van der Waals surface area contributed by atoms with E-state index in [4.69, 9.17) is 10.5 Å². The molecule has 1 aromatic carbocycles. The predicted octanol–water partition coefficient (Wildman–Crippen LogP) is 3.02. The van der Waals surface area contributed by atoms with Crippen molar-refractivity contribution in [1.82, 2.24) is 9.78 Å². The largest absolute Gasteiger partial charge is 0.465 e. The van der Waals surface area contributed by atoms with E-state index in [2.05, 4.69) is 21.0 Å². The first-order valence-corrected chi connectivity index (χ1v) is 8.07. The van der Waals surface area contributed by atoms with Crippen LogP contribution in [0.25, 0.3) is 5.69 Å². The number of aromatic nitrogens is 2. The number of benzene rings is 1. The minimum atomic E-state index is -0.350. The first kappa shape index (κ1) is 15.2. The molecular formula is C16H18BrN3O2. The Bertz CT molecular complexity index is 698. The minimum Gasteiger partial charge on any atom is -0.465 e. The Morgan fingerprint density at radius 3 is 2.91 bits per heavy atom. The predicted molar refractivity (Wildman–Crippen MR) is 87.2 cm³/mol. The van der Waals surface area contributed by atoms with E-state index in [-0.39, 0.29) is 17.9 Å². The zero-order valence-corrected chi connectivity index (χ0v) is 13.9. The number of esters is 1. The van der Waals surface area contributed by atoms with Crippen LogP contribution in [0.4, 0.5) is 0 Å². The molecule has 1 aliphatic carbocycles. The van der Waals surface area contributed by atoms with Crippen molar-refractivity contribution in [2.45, 2.75) is 31.2 Å². The van der Waals surface area contributed by atoms with E-state index >= 15 is 0 Å². The zero-order chi connectivity index (χ0) is 15.7. The molecule has 0 bridgehead atoms. The Hall–Kier alpha value is -1.66. The highest BCUT2D eigenvalue weighted by Gasteiger charge is 2.31. The highest BCUT2D eigenvalue weighted by atomic mass is 79.9. The summed E-state index contributed by atoms with van der Waals surface area (Å²) in [6.07, 6.45) is 4.38. The first-order valence-electron chi connectivity index (χ1n) is 7.28. The summed E-state index contributed by atoms with van der Waals surface area (Å²) < 4.78 is 7.70. The molecule has 0 spiro atoms. The molecule has 22 heavy (non-hydrogen) atoms. The molecule has 3 rings (SSSR count). The number of hydrogen-bond donors (Lipinski definition) is 1. The lowest BCUT2D eigenvalue weighted by Gasteiger charge is -2.15. The number of methoxy groups -OCH3 is 1. The number of carbonyl (C=O) groups is 1. The third-order valence-electron chi connectivity index (χ3n) is 4.12. The van der Waals surface area contributed by atoms with Gasteiger partial charge in [0.15, 0.2) is 0 Å². The average Bonchev–Trinajstić information content (AvgIpc) is 3.12. The lowest BCUT2D eigenvalue weighted by molar-refractivity contribution is 0.0599. The Morgan fingerprint density at radius 2 is 2.27 bits per heavy atom. The normalized spacial score (nSPS) is 21.0. The molecule has 0 amide bonds. The van der Waals surface area contributed by atoms with E-state index in [9.17, 15) is 4.79 Å². The van der Waals surface area contributed by atoms with E-state index in [1.54, 1.807) is 6.20 Å². The van der Waals surface area contributed by atoms with Gasteiger partial charge in [-0.05, 0) is 37.5 Å². The molecule has 1 aromatic heterocycles. The summed E-state index contributed by atoms with van der Waals surface area (Å²) in [5.41, 5.74) is 8.40. The Labute approximate surface area is 137 Å². The molecule has 6 heteroatoms. The van der Waals surface area contributed by atoms with Gasteiger partial charge in [-0.3, -0.25) is 0 Å². The number of nitrogens with two attached hydrogens (primary N) is 1. The van der Waals surface area contributed by atoms with Crippen LogP contribution in [-0.4, -0.2) is 28.9 Å². The van der Waals surface area contributed by atoms with E-state index in [1.165, 1.54) is 7.11 Å². The van der Waals surface area contributed by atoms with Gasteiger partial charge in [0.1, 0.15) is 5.56 Å². The van der Waals surface area contributed by atoms with E-state index in [0.29, 0.717) is 5.56 Å². The molecule has 0 aliphatic heterocycles. The van der Waals surface area contributed by atoms with Crippen LogP contribution in [0.2, 0.25) is 0 Å². The summed E-state index contributed by atoms with van der Waals surface area (Å²) in [6, 6.07) is 8.04. The van der Waals surface area contributed by atoms with Gasteiger partial charge >= 0.3 is 5.97 Å². The molecule has 1 heterocycles. The van der Waals surface area contributed by atoms with Gasteiger partial charge in [0, 0.05) is 16.4 Å². The Kier molecular flexibility index (Phi) is 4.31. The van der Waals surface area contributed by atoms with Crippen LogP contribution >= 0.6 is 15.9 Å². The van der Waals surface area contributed by atoms with Crippen LogP contribution in [-0.2, 0) is 4.74 Å². The fraction of sp³-hybridized carbons (Fsp3) is 0.375. The second kappa shape index (κ2) is 6.22. The summed E-state index contributed by atoms with van der Waals surface area (Å²) in [7, 11) is 1.39. The lowest BCUT2D eigenvalue weighted by Crippen LogP contribution is -2.16. The van der Waals surface area contributed by atoms with Crippen molar-refractivity contribution in [1.29, 1.82) is 0 Å². The fourth-order valence-corrected chi connectivity index (χ4v) is 3.48. The molecule has 0 radical (unpaired) electrons. The second-order valence-electron chi connectivity index (χ2n) is 5.60. The van der Waals surface area contributed by atoms with Crippen LogP contribution < -0.4 is 5.73 Å². The van der Waals surface area contributed by atoms with Gasteiger partial charge in [-0.15, -0.1) is 0 Å². The number of halogens is 1. The third kappa shape index (κ3) is 2.80. The van der Waals surface area contributed by atoms with Gasteiger partial charge in [-0.1, -0.05) is 22.0 Å². The van der Waals surface area contributed by atoms with Crippen molar-refractivity contribution < 1.29 is 9.53 Å². The quantitative estimate of drug-likeness (QED) is 0.850. The van der Waals surface area contributed by atoms with Crippen LogP contribution in [0.15, 0.2) is 34.9 Å². The van der Waals surface area contributed by atoms with Crippen molar-refractivity contribution in [2.75, 3.05) is 7.11 Å². The number of hydrogen-bond acceptors (Lipinski definition) is 4. The van der Waals surface area contributed by atoms with Gasteiger partial charge in [0.25, 0.3) is 0 Å². The van der Waals surface area contributed by atoms with Crippen LogP contribution in [0, 0.1) is 0 Å². The van der Waals surface area contributed by atoms with Gasteiger partial charge < -0.3 is 10.5 Å². The van der Waals surface area contributed by atoms with E-state index in [0.717, 1.165) is 35.1 Å². The first-order chi connectivity index (χ1) is 10.6. The fourth-order valence-electron chi connectivity index (χ4n) is 3.10. The summed E-state index contributed by atoms with van der Waals surface area (Å²) >= 11 is 3.47. The molecule has 116 valence electrons. The molecule has 1 saturated carbocycles. The van der Waals surface area contributed by atoms with Crippen molar-refractivity contribution in [2.24, 2.45) is 5.73 Å². The summed E-state index contributed by atoms with van der Waals surface area (Å²) in [4.78, 5) is 12.1. The van der Waals surface area contributed by atoms with Crippen LogP contribution in [0.1, 0.15) is 41.2 Å². The van der Waals surface area contributed by atoms with E-state index < -0.39 is 0 Å². The maximum Gasteiger partial charge on any atom is 0.341 e. The van der Waals surface area contributed by atoms with E-state index in [1.807, 2.05) is 28.9 Å². The van der Waals surface area contributed by atoms with Crippen molar-refractivity contribution in [3.63, 3.8) is 0 Å². The van der Waals surface area contributed by atoms with Gasteiger partial charge in [0.2, 0.25) is 0 Å². The Balaban J connectivity index is 2.10. The molecule has 0 unspecified atom stereocenters. The minimum absolute atomic E-state index is 0.182. The second-order valence-corrected chi connectivity index (χ2v) is 6.51. The maximum absolute atomic E-state index is 12.1. The standard InChI is InChI=1S/C16H18BrN3O2/c1-22-16(21)14-9-19-20(13-4-2-3-11(17)8-13)15(14)10-5-6-12(18)7-10/h2-4,8-10,12H,5-7,18H2,1H3/t10-,12+/m0/s1. The summed E-state index contributed by atoms with van der Waals surface area (Å²) in [6.45, 7) is 0. The molecule has 5 nitrogen and oxygen atoms in total. The third-order valence-corrected chi connectivity index (χ3v) is 4.62. The number of rotatable bonds is 3. The Morgan fingerprint density at radius 1 is 1.45 bits per heavy atom. The number of ether oxygens (including phenoxy) is 1. The van der Waals surface area contributed by atoms with Gasteiger partial charge in [0.05, 0.1) is 24.7 Å². The molecule has 2 N–H and O–H groups in total. The summed E-state index contributed by atoms with van der Waals surface area (Å²) in [5.74, 6) is -0.123. The topological polar surface area (TPSA) is 70.1 Å².